The van der Waals surface area contributed by atoms with Crippen LogP contribution in [0.25, 0.3) is 10.8 Å². The molecular weight excluding hydrogens is 303 g/mol. The van der Waals surface area contributed by atoms with E-state index in [-0.39, 0.29) is 0 Å². The predicted octanol–water partition coefficient (Wildman–Crippen LogP) is 5.59. The van der Waals surface area contributed by atoms with Gasteiger partial charge in [0.15, 0.2) is 0 Å². The zero-order valence-corrected chi connectivity index (χ0v) is 12.6. The van der Waals surface area contributed by atoms with Crippen LogP contribution in [-0.4, -0.2) is 6.21 Å². The summed E-state index contributed by atoms with van der Waals surface area (Å²) in [5.41, 5.74) is 4.76. The minimum absolute atomic E-state index is 0.502. The molecule has 0 aliphatic carbocycles. The van der Waals surface area contributed by atoms with E-state index in [9.17, 15) is 0 Å². The lowest BCUT2D eigenvalue weighted by Crippen LogP contribution is -1.90. The summed E-state index contributed by atoms with van der Waals surface area (Å²) in [7, 11) is 0. The number of benzene rings is 3. The van der Waals surface area contributed by atoms with Crippen molar-refractivity contribution in [3.8, 4) is 0 Å². The van der Waals surface area contributed by atoms with Gasteiger partial charge < -0.3 is 0 Å². The van der Waals surface area contributed by atoms with Crippen molar-refractivity contribution in [3.63, 3.8) is 0 Å². The summed E-state index contributed by atoms with van der Waals surface area (Å²) < 4.78 is 0. The number of halogens is 2. The van der Waals surface area contributed by atoms with Crippen LogP contribution in [0.4, 0.5) is 5.69 Å². The Balaban J connectivity index is 1.76. The topological polar surface area (TPSA) is 24.4 Å². The first-order chi connectivity index (χ1) is 10.2. The summed E-state index contributed by atoms with van der Waals surface area (Å²) in [4.78, 5) is 0. The minimum Gasteiger partial charge on any atom is -0.278 e. The van der Waals surface area contributed by atoms with Crippen LogP contribution < -0.4 is 5.43 Å². The quantitative estimate of drug-likeness (QED) is 0.494. The summed E-state index contributed by atoms with van der Waals surface area (Å²) in [6.45, 7) is 0. The van der Waals surface area contributed by atoms with Gasteiger partial charge in [0.1, 0.15) is 0 Å². The van der Waals surface area contributed by atoms with Crippen LogP contribution in [0, 0.1) is 0 Å². The van der Waals surface area contributed by atoms with Crippen molar-refractivity contribution in [1.29, 1.82) is 0 Å². The highest BCUT2D eigenvalue weighted by molar-refractivity contribution is 6.42. The van der Waals surface area contributed by atoms with Crippen molar-refractivity contribution in [3.05, 3.63) is 76.3 Å². The van der Waals surface area contributed by atoms with Crippen LogP contribution in [0.5, 0.6) is 0 Å². The molecule has 4 heteroatoms. The van der Waals surface area contributed by atoms with E-state index < -0.39 is 0 Å². The predicted molar refractivity (Wildman–Crippen MR) is 91.6 cm³/mol. The molecule has 0 amide bonds. The summed E-state index contributed by atoms with van der Waals surface area (Å²) >= 11 is 11.8. The van der Waals surface area contributed by atoms with Crippen LogP contribution in [0.1, 0.15) is 5.56 Å². The fraction of sp³-hybridized carbons (Fsp3) is 0. The number of rotatable bonds is 3. The second kappa shape index (κ2) is 6.17. The lowest BCUT2D eigenvalue weighted by Gasteiger charge is -2.02. The number of nitrogens with one attached hydrogen (secondary N) is 1. The Bertz CT molecular complexity index is 813. The van der Waals surface area contributed by atoms with E-state index in [1.165, 1.54) is 10.8 Å². The molecule has 0 aromatic heterocycles. The Morgan fingerprint density at radius 3 is 2.43 bits per heavy atom. The Kier molecular flexibility index (Phi) is 4.09. The molecule has 0 fully saturated rings. The lowest BCUT2D eigenvalue weighted by atomic mass is 10.1. The third kappa shape index (κ3) is 3.35. The number of hydrogen-bond donors (Lipinski definition) is 1. The molecule has 0 spiro atoms. The van der Waals surface area contributed by atoms with Gasteiger partial charge in [-0.25, -0.2) is 0 Å². The standard InChI is InChI=1S/C17H12Cl2N2/c18-16-8-7-15(10-17(16)19)21-20-11-12-5-6-13-3-1-2-4-14(13)9-12/h1-11,21H/b20-11-. The van der Waals surface area contributed by atoms with Gasteiger partial charge in [-0.3, -0.25) is 5.43 Å². The van der Waals surface area contributed by atoms with Gasteiger partial charge in [0.05, 0.1) is 21.9 Å². The third-order valence-corrected chi connectivity index (χ3v) is 3.84. The first-order valence-corrected chi connectivity index (χ1v) is 7.21. The zero-order chi connectivity index (χ0) is 14.7. The van der Waals surface area contributed by atoms with Gasteiger partial charge in [-0.2, -0.15) is 5.10 Å². The largest absolute Gasteiger partial charge is 0.278 e. The molecule has 3 aromatic carbocycles. The van der Waals surface area contributed by atoms with Crippen molar-refractivity contribution in [2.75, 3.05) is 5.43 Å². The van der Waals surface area contributed by atoms with E-state index in [0.717, 1.165) is 11.3 Å². The maximum atomic E-state index is 5.95. The van der Waals surface area contributed by atoms with E-state index in [2.05, 4.69) is 34.8 Å². The monoisotopic (exact) mass is 314 g/mol. The van der Waals surface area contributed by atoms with Gasteiger partial charge >= 0.3 is 0 Å². The molecule has 0 aliphatic heterocycles. The summed E-state index contributed by atoms with van der Waals surface area (Å²) in [6.07, 6.45) is 1.77. The molecule has 3 aromatic rings. The van der Waals surface area contributed by atoms with Crippen LogP contribution >= 0.6 is 23.2 Å². The van der Waals surface area contributed by atoms with Gasteiger partial charge in [-0.05, 0) is 40.6 Å². The second-order valence-corrected chi connectivity index (χ2v) is 5.42. The Morgan fingerprint density at radius 2 is 1.62 bits per heavy atom. The van der Waals surface area contributed by atoms with E-state index in [1.807, 2.05) is 24.3 Å². The second-order valence-electron chi connectivity index (χ2n) is 4.61. The highest BCUT2D eigenvalue weighted by Gasteiger charge is 1.98. The molecule has 0 saturated carbocycles. The van der Waals surface area contributed by atoms with E-state index >= 15 is 0 Å². The first kappa shape index (κ1) is 13.9. The van der Waals surface area contributed by atoms with Crippen LogP contribution in [0.3, 0.4) is 0 Å². The van der Waals surface area contributed by atoms with Crippen molar-refractivity contribution < 1.29 is 0 Å². The number of fused-ring (bicyclic) bond motifs is 1. The van der Waals surface area contributed by atoms with Crippen molar-refractivity contribution in [1.82, 2.24) is 0 Å². The molecule has 21 heavy (non-hydrogen) atoms. The molecule has 0 heterocycles. The number of hydrogen-bond acceptors (Lipinski definition) is 2. The molecule has 0 saturated heterocycles. The van der Waals surface area contributed by atoms with Gasteiger partial charge in [-0.15, -0.1) is 0 Å². The molecule has 3 rings (SSSR count). The highest BCUT2D eigenvalue weighted by atomic mass is 35.5. The van der Waals surface area contributed by atoms with Crippen molar-refractivity contribution in [2.24, 2.45) is 5.10 Å². The van der Waals surface area contributed by atoms with E-state index in [0.29, 0.717) is 10.0 Å². The average molecular weight is 315 g/mol. The van der Waals surface area contributed by atoms with E-state index in [4.69, 9.17) is 23.2 Å². The molecule has 1 N–H and O–H groups in total. The van der Waals surface area contributed by atoms with Gasteiger partial charge in [0.25, 0.3) is 0 Å². The van der Waals surface area contributed by atoms with Crippen molar-refractivity contribution >= 4 is 45.9 Å². The Hall–Kier alpha value is -2.03. The number of hydrazone groups is 1. The van der Waals surface area contributed by atoms with Gasteiger partial charge in [-0.1, -0.05) is 59.6 Å². The maximum absolute atomic E-state index is 5.95. The molecule has 0 unspecified atom stereocenters. The number of anilines is 1. The maximum Gasteiger partial charge on any atom is 0.0613 e. The lowest BCUT2D eigenvalue weighted by molar-refractivity contribution is 1.35. The summed E-state index contributed by atoms with van der Waals surface area (Å²) in [6, 6.07) is 19.7. The Labute approximate surface area is 133 Å². The van der Waals surface area contributed by atoms with Crippen LogP contribution in [0.15, 0.2) is 65.8 Å². The smallest absolute Gasteiger partial charge is 0.0613 e. The number of nitrogens with zero attached hydrogens (tertiary/aromatic N) is 1. The molecule has 0 bridgehead atoms. The average Bonchev–Trinajstić information content (AvgIpc) is 2.51. The van der Waals surface area contributed by atoms with E-state index in [1.54, 1.807) is 18.3 Å². The first-order valence-electron chi connectivity index (χ1n) is 6.45. The SMILES string of the molecule is Clc1ccc(N/N=C\c2ccc3ccccc3c2)cc1Cl. The molecule has 0 radical (unpaired) electrons. The summed E-state index contributed by atoms with van der Waals surface area (Å²) in [5, 5.41) is 7.65. The fourth-order valence-corrected chi connectivity index (χ4v) is 2.33. The van der Waals surface area contributed by atoms with Gasteiger partial charge in [0, 0.05) is 0 Å². The van der Waals surface area contributed by atoms with Crippen LogP contribution in [-0.2, 0) is 0 Å². The molecule has 104 valence electrons. The minimum atomic E-state index is 0.502. The van der Waals surface area contributed by atoms with Gasteiger partial charge in [0.2, 0.25) is 0 Å². The normalized spacial score (nSPS) is 11.1. The van der Waals surface area contributed by atoms with Crippen LogP contribution in [0.2, 0.25) is 10.0 Å². The molecule has 0 aliphatic rings. The molecule has 2 nitrogen and oxygen atoms in total. The highest BCUT2D eigenvalue weighted by Crippen LogP contribution is 2.24. The molecule has 0 atom stereocenters. The zero-order valence-electron chi connectivity index (χ0n) is 11.1. The fourth-order valence-electron chi connectivity index (χ4n) is 2.04. The summed E-state index contributed by atoms with van der Waals surface area (Å²) in [5.74, 6) is 0. The Morgan fingerprint density at radius 1 is 0.810 bits per heavy atom. The molecular formula is C17H12Cl2N2. The third-order valence-electron chi connectivity index (χ3n) is 3.10. The van der Waals surface area contributed by atoms with Crippen molar-refractivity contribution in [2.45, 2.75) is 0 Å².